The van der Waals surface area contributed by atoms with E-state index in [0.717, 1.165) is 5.69 Å². The van der Waals surface area contributed by atoms with Gasteiger partial charge in [-0.1, -0.05) is 0 Å². The van der Waals surface area contributed by atoms with Crippen LogP contribution >= 0.6 is 0 Å². The number of rotatable bonds is 1. The SMILES string of the molecule is O=C1CCc2ncc(B(O)O)cc21. The third-order valence-corrected chi connectivity index (χ3v) is 2.18. The maximum absolute atomic E-state index is 11.2. The predicted octanol–water partition coefficient (Wildman–Crippen LogP) is -1.11. The average molecular weight is 177 g/mol. The van der Waals surface area contributed by atoms with Crippen LogP contribution in [-0.4, -0.2) is 27.9 Å². The van der Waals surface area contributed by atoms with E-state index in [4.69, 9.17) is 10.0 Å². The first kappa shape index (κ1) is 8.41. The molecule has 1 aliphatic rings. The summed E-state index contributed by atoms with van der Waals surface area (Å²) in [7, 11) is -1.55. The minimum absolute atomic E-state index is 0.0324. The molecule has 0 radical (unpaired) electrons. The van der Waals surface area contributed by atoms with Gasteiger partial charge in [0.05, 0.1) is 5.69 Å². The van der Waals surface area contributed by atoms with Crippen molar-refractivity contribution in [2.45, 2.75) is 12.8 Å². The molecule has 0 aliphatic heterocycles. The average Bonchev–Trinajstić information content (AvgIpc) is 2.47. The van der Waals surface area contributed by atoms with Crippen LogP contribution in [0.4, 0.5) is 0 Å². The summed E-state index contributed by atoms with van der Waals surface area (Å²) in [6.45, 7) is 0. The zero-order valence-corrected chi connectivity index (χ0v) is 6.90. The molecular formula is C8H8BNO3. The van der Waals surface area contributed by atoms with Crippen LogP contribution < -0.4 is 5.46 Å². The highest BCUT2D eigenvalue weighted by molar-refractivity contribution is 6.58. The fraction of sp³-hybridized carbons (Fsp3) is 0.250. The number of ketones is 1. The lowest BCUT2D eigenvalue weighted by atomic mass is 9.81. The fourth-order valence-electron chi connectivity index (χ4n) is 1.46. The Bertz CT molecular complexity index is 364. The summed E-state index contributed by atoms with van der Waals surface area (Å²) in [5.74, 6) is 0.0324. The summed E-state index contributed by atoms with van der Waals surface area (Å²) in [5.41, 5.74) is 1.56. The standard InChI is InChI=1S/C8H8BNO3/c11-8-2-1-7-6(8)3-5(4-10-7)9(12)13/h3-4,12-13H,1-2H2. The van der Waals surface area contributed by atoms with Crippen LogP contribution in [-0.2, 0) is 6.42 Å². The Balaban J connectivity index is 2.48. The Morgan fingerprint density at radius 1 is 1.38 bits per heavy atom. The molecule has 0 unspecified atom stereocenters. The molecule has 2 rings (SSSR count). The lowest BCUT2D eigenvalue weighted by molar-refractivity contribution is 0.0994. The predicted molar refractivity (Wildman–Crippen MR) is 46.7 cm³/mol. The first-order valence-corrected chi connectivity index (χ1v) is 4.06. The van der Waals surface area contributed by atoms with E-state index in [0.29, 0.717) is 18.4 Å². The molecule has 0 fully saturated rings. The Morgan fingerprint density at radius 3 is 2.85 bits per heavy atom. The maximum atomic E-state index is 11.2. The van der Waals surface area contributed by atoms with Gasteiger partial charge in [-0.05, 0) is 12.5 Å². The fourth-order valence-corrected chi connectivity index (χ4v) is 1.46. The number of aryl methyl sites for hydroxylation is 1. The van der Waals surface area contributed by atoms with Crippen LogP contribution in [0, 0.1) is 0 Å². The summed E-state index contributed by atoms with van der Waals surface area (Å²) in [4.78, 5) is 15.2. The number of carbonyl (C=O) groups excluding carboxylic acids is 1. The Kier molecular flexibility index (Phi) is 1.90. The highest BCUT2D eigenvalue weighted by Gasteiger charge is 2.23. The first-order valence-electron chi connectivity index (χ1n) is 4.06. The number of hydrogen-bond acceptors (Lipinski definition) is 4. The number of Topliss-reactive ketones (excluding diaryl/α,β-unsaturated/α-hetero) is 1. The van der Waals surface area contributed by atoms with E-state index in [1.54, 1.807) is 0 Å². The van der Waals surface area contributed by atoms with E-state index in [2.05, 4.69) is 4.98 Å². The van der Waals surface area contributed by atoms with Gasteiger partial charge in [-0.25, -0.2) is 0 Å². The first-order chi connectivity index (χ1) is 6.18. The van der Waals surface area contributed by atoms with Crippen molar-refractivity contribution in [1.29, 1.82) is 0 Å². The van der Waals surface area contributed by atoms with Gasteiger partial charge in [-0.3, -0.25) is 9.78 Å². The van der Waals surface area contributed by atoms with E-state index >= 15 is 0 Å². The van der Waals surface area contributed by atoms with Crippen LogP contribution in [0.5, 0.6) is 0 Å². The van der Waals surface area contributed by atoms with E-state index < -0.39 is 7.12 Å². The van der Waals surface area contributed by atoms with Crippen LogP contribution in [0.1, 0.15) is 22.5 Å². The molecule has 66 valence electrons. The summed E-state index contributed by atoms with van der Waals surface area (Å²) in [6, 6.07) is 1.50. The number of fused-ring (bicyclic) bond motifs is 1. The van der Waals surface area contributed by atoms with Crippen molar-refractivity contribution < 1.29 is 14.8 Å². The van der Waals surface area contributed by atoms with E-state index in [9.17, 15) is 4.79 Å². The van der Waals surface area contributed by atoms with Gasteiger partial charge in [0.2, 0.25) is 0 Å². The van der Waals surface area contributed by atoms with Crippen molar-refractivity contribution in [3.63, 3.8) is 0 Å². The smallest absolute Gasteiger partial charge is 0.423 e. The van der Waals surface area contributed by atoms with Crippen molar-refractivity contribution in [1.82, 2.24) is 4.98 Å². The lowest BCUT2D eigenvalue weighted by Crippen LogP contribution is -2.30. The highest BCUT2D eigenvalue weighted by atomic mass is 16.4. The minimum Gasteiger partial charge on any atom is -0.423 e. The number of pyridine rings is 1. The second-order valence-electron chi connectivity index (χ2n) is 3.06. The van der Waals surface area contributed by atoms with Crippen LogP contribution in [0.3, 0.4) is 0 Å². The molecule has 5 heteroatoms. The van der Waals surface area contributed by atoms with E-state index in [-0.39, 0.29) is 11.2 Å². The molecule has 0 spiro atoms. The van der Waals surface area contributed by atoms with Gasteiger partial charge >= 0.3 is 7.12 Å². The van der Waals surface area contributed by atoms with Crippen LogP contribution in [0.15, 0.2) is 12.3 Å². The van der Waals surface area contributed by atoms with Crippen molar-refractivity contribution in [3.05, 3.63) is 23.5 Å². The van der Waals surface area contributed by atoms with Gasteiger partial charge in [0, 0.05) is 23.6 Å². The molecule has 1 heterocycles. The topological polar surface area (TPSA) is 70.4 Å². The molecule has 13 heavy (non-hydrogen) atoms. The van der Waals surface area contributed by atoms with Crippen molar-refractivity contribution in [2.24, 2.45) is 0 Å². The lowest BCUT2D eigenvalue weighted by Gasteiger charge is -2.00. The number of aromatic nitrogens is 1. The number of carbonyl (C=O) groups is 1. The van der Waals surface area contributed by atoms with Gasteiger partial charge in [-0.15, -0.1) is 0 Å². The molecule has 2 N–H and O–H groups in total. The summed E-state index contributed by atoms with van der Waals surface area (Å²) < 4.78 is 0. The minimum atomic E-state index is -1.55. The van der Waals surface area contributed by atoms with Gasteiger partial charge in [0.25, 0.3) is 0 Å². The van der Waals surface area contributed by atoms with E-state index in [1.165, 1.54) is 12.3 Å². The van der Waals surface area contributed by atoms with Gasteiger partial charge in [0.15, 0.2) is 5.78 Å². The van der Waals surface area contributed by atoms with Crippen molar-refractivity contribution >= 4 is 18.4 Å². The number of hydrogen-bond donors (Lipinski definition) is 2. The quantitative estimate of drug-likeness (QED) is 0.533. The molecule has 0 bridgehead atoms. The second kappa shape index (κ2) is 2.94. The van der Waals surface area contributed by atoms with E-state index in [1.807, 2.05) is 0 Å². The Labute approximate surface area is 75.4 Å². The van der Waals surface area contributed by atoms with Gasteiger partial charge < -0.3 is 10.0 Å². The Morgan fingerprint density at radius 2 is 2.15 bits per heavy atom. The molecule has 0 aromatic carbocycles. The molecule has 1 aromatic rings. The molecule has 0 saturated heterocycles. The Hall–Kier alpha value is -1.20. The van der Waals surface area contributed by atoms with Crippen molar-refractivity contribution in [2.75, 3.05) is 0 Å². The van der Waals surface area contributed by atoms with Gasteiger partial charge in [-0.2, -0.15) is 0 Å². The molecule has 4 nitrogen and oxygen atoms in total. The number of nitrogens with zero attached hydrogens (tertiary/aromatic N) is 1. The molecule has 0 amide bonds. The van der Waals surface area contributed by atoms with Crippen molar-refractivity contribution in [3.8, 4) is 0 Å². The third kappa shape index (κ3) is 1.36. The highest BCUT2D eigenvalue weighted by Crippen LogP contribution is 2.17. The van der Waals surface area contributed by atoms with Gasteiger partial charge in [0.1, 0.15) is 0 Å². The summed E-state index contributed by atoms with van der Waals surface area (Å²) >= 11 is 0. The third-order valence-electron chi connectivity index (χ3n) is 2.18. The normalized spacial score (nSPS) is 14.5. The molecule has 1 aromatic heterocycles. The second-order valence-corrected chi connectivity index (χ2v) is 3.06. The summed E-state index contributed by atoms with van der Waals surface area (Å²) in [6.07, 6.45) is 2.53. The largest absolute Gasteiger partial charge is 0.490 e. The van der Waals surface area contributed by atoms with Crippen LogP contribution in [0.2, 0.25) is 0 Å². The zero-order valence-electron chi connectivity index (χ0n) is 6.90. The summed E-state index contributed by atoms with van der Waals surface area (Å²) in [5, 5.41) is 17.7. The maximum Gasteiger partial charge on any atom is 0.490 e. The molecular weight excluding hydrogens is 169 g/mol. The molecule has 0 atom stereocenters. The molecule has 1 aliphatic carbocycles. The van der Waals surface area contributed by atoms with Crippen LogP contribution in [0.25, 0.3) is 0 Å². The monoisotopic (exact) mass is 177 g/mol. The molecule has 0 saturated carbocycles. The zero-order chi connectivity index (χ0) is 9.42.